The smallest absolute Gasteiger partial charge is 0.337 e. The van der Waals surface area contributed by atoms with Crippen LogP contribution in [0.3, 0.4) is 0 Å². The lowest BCUT2D eigenvalue weighted by molar-refractivity contribution is 0.0698. The van der Waals surface area contributed by atoms with Crippen molar-refractivity contribution >= 4 is 34.3 Å². The number of aromatic carboxylic acids is 1. The number of hydrogen-bond acceptors (Lipinski definition) is 2. The molecule has 1 aliphatic rings. The number of hydrogen-bond donors (Lipinski definition) is 2. The Morgan fingerprint density at radius 2 is 2.21 bits per heavy atom. The highest BCUT2D eigenvalue weighted by Crippen LogP contribution is 2.26. The first-order valence-corrected chi connectivity index (χ1v) is 6.20. The van der Waals surface area contributed by atoms with Crippen LogP contribution in [0.5, 0.6) is 0 Å². The molecule has 0 aliphatic carbocycles. The summed E-state index contributed by atoms with van der Waals surface area (Å²) in [4.78, 5) is 11.3. The number of rotatable bonds is 2. The molecule has 0 bridgehead atoms. The summed E-state index contributed by atoms with van der Waals surface area (Å²) >= 11 is 6.17. The number of allylic oxidation sites excluding steroid dienone is 2. The van der Waals surface area contributed by atoms with E-state index in [9.17, 15) is 9.90 Å². The lowest BCUT2D eigenvalue weighted by atomic mass is 10.1. The van der Waals surface area contributed by atoms with E-state index in [2.05, 4.69) is 5.32 Å². The number of fused-ring (bicyclic) bond motifs is 1. The van der Waals surface area contributed by atoms with Gasteiger partial charge in [-0.15, -0.1) is 0 Å². The van der Waals surface area contributed by atoms with Gasteiger partial charge in [0.25, 0.3) is 0 Å². The summed E-state index contributed by atoms with van der Waals surface area (Å²) in [5.74, 6) is -0.249. The summed E-state index contributed by atoms with van der Waals surface area (Å²) in [6.45, 7) is 0.667. The molecule has 0 unspecified atom stereocenters. The summed E-state index contributed by atoms with van der Waals surface area (Å²) in [5.41, 5.74) is 0.904. The number of carbonyl (C=O) groups is 1. The van der Waals surface area contributed by atoms with Crippen molar-refractivity contribution < 1.29 is 9.90 Å². The lowest BCUT2D eigenvalue weighted by Gasteiger charge is -2.17. The first kappa shape index (κ1) is 11.9. The van der Waals surface area contributed by atoms with Gasteiger partial charge >= 0.3 is 5.97 Å². The fourth-order valence-electron chi connectivity index (χ4n) is 2.23. The zero-order valence-corrected chi connectivity index (χ0v) is 10.7. The molecule has 0 atom stereocenters. The maximum absolute atomic E-state index is 11.3. The minimum atomic E-state index is -0.950. The fraction of sp³-hybridized carbons (Fsp3) is 0.0714. The van der Waals surface area contributed by atoms with Crippen LogP contribution in [0.4, 0.5) is 0 Å². The van der Waals surface area contributed by atoms with E-state index in [0.29, 0.717) is 22.9 Å². The average Bonchev–Trinajstić information content (AvgIpc) is 2.82. The largest absolute Gasteiger partial charge is 0.478 e. The van der Waals surface area contributed by atoms with E-state index in [1.807, 2.05) is 30.5 Å². The number of carboxylic acids is 1. The Morgan fingerprint density at radius 1 is 1.37 bits per heavy atom. The molecule has 0 amide bonds. The second-order valence-electron chi connectivity index (χ2n) is 4.21. The third kappa shape index (κ3) is 1.90. The van der Waals surface area contributed by atoms with Gasteiger partial charge in [-0.25, -0.2) is 4.79 Å². The standard InChI is InChI=1S/C14H11ClN2O2/c15-11-5-2-7-16-13(11)17-8-6-9-3-1-4-10(12(9)17)14(18)19/h1-6,8,16H,7H2,(H,18,19). The minimum Gasteiger partial charge on any atom is -0.478 e. The number of para-hydroxylation sites is 1. The van der Waals surface area contributed by atoms with Crippen LogP contribution < -0.4 is 5.32 Å². The van der Waals surface area contributed by atoms with Gasteiger partial charge in [0, 0.05) is 18.1 Å². The van der Waals surface area contributed by atoms with Crippen molar-refractivity contribution in [1.82, 2.24) is 9.88 Å². The maximum atomic E-state index is 11.3. The molecule has 2 aromatic rings. The molecule has 2 heterocycles. The second-order valence-corrected chi connectivity index (χ2v) is 4.62. The molecule has 2 N–H and O–H groups in total. The van der Waals surface area contributed by atoms with Crippen molar-refractivity contribution in [2.75, 3.05) is 6.54 Å². The molecule has 5 heteroatoms. The third-order valence-electron chi connectivity index (χ3n) is 3.06. The van der Waals surface area contributed by atoms with Crippen LogP contribution in [0.1, 0.15) is 10.4 Å². The van der Waals surface area contributed by atoms with Gasteiger partial charge in [-0.05, 0) is 18.2 Å². The van der Waals surface area contributed by atoms with E-state index in [-0.39, 0.29) is 5.56 Å². The molecule has 0 saturated carbocycles. The predicted octanol–water partition coefficient (Wildman–Crippen LogP) is 2.86. The molecule has 1 aliphatic heterocycles. The van der Waals surface area contributed by atoms with Crippen LogP contribution in [-0.4, -0.2) is 22.2 Å². The third-order valence-corrected chi connectivity index (χ3v) is 3.37. The molecule has 96 valence electrons. The van der Waals surface area contributed by atoms with E-state index >= 15 is 0 Å². The monoisotopic (exact) mass is 274 g/mol. The molecule has 0 spiro atoms. The average molecular weight is 275 g/mol. The van der Waals surface area contributed by atoms with Crippen LogP contribution in [0.25, 0.3) is 16.7 Å². The van der Waals surface area contributed by atoms with E-state index in [4.69, 9.17) is 11.6 Å². The highest BCUT2D eigenvalue weighted by Gasteiger charge is 2.16. The fourth-order valence-corrected chi connectivity index (χ4v) is 2.48. The van der Waals surface area contributed by atoms with Crippen molar-refractivity contribution in [3.8, 4) is 0 Å². The summed E-state index contributed by atoms with van der Waals surface area (Å²) in [6.07, 6.45) is 5.54. The van der Waals surface area contributed by atoms with Crippen LogP contribution in [-0.2, 0) is 0 Å². The first-order valence-electron chi connectivity index (χ1n) is 5.82. The lowest BCUT2D eigenvalue weighted by Crippen LogP contribution is -2.20. The molecule has 3 rings (SSSR count). The zero-order valence-electron chi connectivity index (χ0n) is 9.93. The number of dihydropyridines is 1. The summed E-state index contributed by atoms with van der Waals surface area (Å²) < 4.78 is 1.78. The molecule has 0 radical (unpaired) electrons. The normalized spacial score (nSPS) is 14.8. The first-order chi connectivity index (χ1) is 9.18. The van der Waals surface area contributed by atoms with Crippen molar-refractivity contribution in [3.05, 3.63) is 53.2 Å². The highest BCUT2D eigenvalue weighted by atomic mass is 35.5. The van der Waals surface area contributed by atoms with Crippen molar-refractivity contribution in [2.24, 2.45) is 0 Å². The highest BCUT2D eigenvalue weighted by molar-refractivity contribution is 6.33. The molecular formula is C14H11ClN2O2. The predicted molar refractivity (Wildman–Crippen MR) is 75.1 cm³/mol. The number of carboxylic acid groups (broad SMARTS) is 1. The molecular weight excluding hydrogens is 264 g/mol. The Bertz CT molecular complexity index is 728. The van der Waals surface area contributed by atoms with Gasteiger partial charge in [0.15, 0.2) is 0 Å². The zero-order chi connectivity index (χ0) is 13.4. The topological polar surface area (TPSA) is 54.3 Å². The van der Waals surface area contributed by atoms with Gasteiger partial charge in [0.05, 0.1) is 16.1 Å². The summed E-state index contributed by atoms with van der Waals surface area (Å²) in [7, 11) is 0. The van der Waals surface area contributed by atoms with Crippen molar-refractivity contribution in [1.29, 1.82) is 0 Å². The summed E-state index contributed by atoms with van der Waals surface area (Å²) in [6, 6.07) is 7.08. The van der Waals surface area contributed by atoms with Crippen LogP contribution >= 0.6 is 11.6 Å². The quantitative estimate of drug-likeness (QED) is 0.885. The van der Waals surface area contributed by atoms with Crippen LogP contribution in [0.15, 0.2) is 47.6 Å². The Hall–Kier alpha value is -2.20. The van der Waals surface area contributed by atoms with Gasteiger partial charge in [-0.2, -0.15) is 0 Å². The Labute approximate surface area is 114 Å². The molecule has 4 nitrogen and oxygen atoms in total. The molecule has 19 heavy (non-hydrogen) atoms. The maximum Gasteiger partial charge on any atom is 0.337 e. The van der Waals surface area contributed by atoms with Crippen LogP contribution in [0.2, 0.25) is 0 Å². The second kappa shape index (κ2) is 4.48. The van der Waals surface area contributed by atoms with Crippen LogP contribution in [0, 0.1) is 0 Å². The van der Waals surface area contributed by atoms with Gasteiger partial charge in [0.1, 0.15) is 5.82 Å². The Balaban J connectivity index is 2.31. The number of halogens is 1. The number of benzene rings is 1. The number of nitrogens with zero attached hydrogens (tertiary/aromatic N) is 1. The minimum absolute atomic E-state index is 0.260. The van der Waals surface area contributed by atoms with E-state index in [1.165, 1.54) is 0 Å². The van der Waals surface area contributed by atoms with Crippen molar-refractivity contribution in [2.45, 2.75) is 0 Å². The van der Waals surface area contributed by atoms with Crippen molar-refractivity contribution in [3.63, 3.8) is 0 Å². The van der Waals surface area contributed by atoms with Gasteiger partial charge < -0.3 is 15.0 Å². The van der Waals surface area contributed by atoms with E-state index in [0.717, 1.165) is 5.39 Å². The van der Waals surface area contributed by atoms with Gasteiger partial charge in [-0.3, -0.25) is 0 Å². The van der Waals surface area contributed by atoms with Gasteiger partial charge in [-0.1, -0.05) is 29.8 Å². The molecule has 0 fully saturated rings. The Kier molecular flexibility index (Phi) is 2.80. The van der Waals surface area contributed by atoms with E-state index in [1.54, 1.807) is 16.7 Å². The van der Waals surface area contributed by atoms with E-state index < -0.39 is 5.97 Å². The molecule has 0 saturated heterocycles. The SMILES string of the molecule is O=C(O)c1cccc2ccn(C3=C(Cl)C=CCN3)c12. The Morgan fingerprint density at radius 3 is 2.95 bits per heavy atom. The van der Waals surface area contributed by atoms with Gasteiger partial charge in [0.2, 0.25) is 0 Å². The summed E-state index contributed by atoms with van der Waals surface area (Å²) in [5, 5.41) is 13.9. The number of aromatic nitrogens is 1. The molecule has 1 aromatic heterocycles. The number of nitrogens with one attached hydrogen (secondary N) is 1. The molecule has 1 aromatic carbocycles.